The Labute approximate surface area is 114 Å². The predicted octanol–water partition coefficient (Wildman–Crippen LogP) is 2.80. The van der Waals surface area contributed by atoms with Gasteiger partial charge in [-0.25, -0.2) is 0 Å². The van der Waals surface area contributed by atoms with Crippen LogP contribution in [0.15, 0.2) is 24.3 Å². The number of carbonyl (C=O) groups is 1. The molecule has 3 nitrogen and oxygen atoms in total. The number of aromatic hydroxyl groups is 1. The van der Waals surface area contributed by atoms with Crippen LogP contribution in [-0.2, 0) is 11.2 Å². The zero-order valence-corrected chi connectivity index (χ0v) is 11.4. The van der Waals surface area contributed by atoms with Crippen molar-refractivity contribution in [2.45, 2.75) is 44.9 Å². The number of benzene rings is 1. The van der Waals surface area contributed by atoms with E-state index in [-0.39, 0.29) is 16.9 Å². The molecule has 1 aliphatic carbocycles. The number of rotatable bonds is 4. The van der Waals surface area contributed by atoms with Crippen LogP contribution in [0.3, 0.4) is 0 Å². The van der Waals surface area contributed by atoms with Crippen molar-refractivity contribution in [2.75, 3.05) is 6.54 Å². The first-order valence-corrected chi connectivity index (χ1v) is 7.18. The third-order valence-electron chi connectivity index (χ3n) is 4.34. The first-order valence-electron chi connectivity index (χ1n) is 7.18. The second-order valence-electron chi connectivity index (χ2n) is 5.67. The molecule has 1 fully saturated rings. The average Bonchev–Trinajstić information content (AvgIpc) is 2.67. The van der Waals surface area contributed by atoms with Gasteiger partial charge in [-0.1, -0.05) is 37.8 Å². The molecule has 0 bridgehead atoms. The summed E-state index contributed by atoms with van der Waals surface area (Å²) in [6.45, 7) is 0.462. The van der Waals surface area contributed by atoms with Gasteiger partial charge in [-0.15, -0.1) is 0 Å². The van der Waals surface area contributed by atoms with Crippen LogP contribution in [0.2, 0.25) is 0 Å². The highest BCUT2D eigenvalue weighted by atomic mass is 16.3. The Balaban J connectivity index is 2.09. The SMILES string of the molecule is NCC1(C(=O)Cc2ccc(O)cc2)CCCCCC1. The Kier molecular flexibility index (Phi) is 4.59. The van der Waals surface area contributed by atoms with Gasteiger partial charge in [0.2, 0.25) is 0 Å². The number of phenols is 1. The summed E-state index contributed by atoms with van der Waals surface area (Å²) in [5.74, 6) is 0.502. The van der Waals surface area contributed by atoms with E-state index in [4.69, 9.17) is 5.73 Å². The minimum absolute atomic E-state index is 0.235. The van der Waals surface area contributed by atoms with Crippen molar-refractivity contribution >= 4 is 5.78 Å². The Bertz CT molecular complexity index is 417. The van der Waals surface area contributed by atoms with Crippen molar-refractivity contribution in [3.05, 3.63) is 29.8 Å². The van der Waals surface area contributed by atoms with Gasteiger partial charge < -0.3 is 10.8 Å². The summed E-state index contributed by atoms with van der Waals surface area (Å²) in [5.41, 5.74) is 6.57. The van der Waals surface area contributed by atoms with Crippen LogP contribution in [0.5, 0.6) is 5.75 Å². The van der Waals surface area contributed by atoms with E-state index in [9.17, 15) is 9.90 Å². The lowest BCUT2D eigenvalue weighted by atomic mass is 9.75. The smallest absolute Gasteiger partial charge is 0.144 e. The third-order valence-corrected chi connectivity index (χ3v) is 4.34. The summed E-state index contributed by atoms with van der Waals surface area (Å²) < 4.78 is 0. The molecule has 1 aromatic carbocycles. The molecule has 0 aliphatic heterocycles. The Morgan fingerprint density at radius 2 is 1.68 bits per heavy atom. The summed E-state index contributed by atoms with van der Waals surface area (Å²) in [6.07, 6.45) is 6.94. The van der Waals surface area contributed by atoms with Crippen LogP contribution in [0.4, 0.5) is 0 Å². The fourth-order valence-corrected chi connectivity index (χ4v) is 2.99. The average molecular weight is 261 g/mol. The molecule has 3 N–H and O–H groups in total. The Morgan fingerprint density at radius 3 is 2.21 bits per heavy atom. The molecule has 3 heteroatoms. The maximum atomic E-state index is 12.6. The van der Waals surface area contributed by atoms with Gasteiger partial charge in [0.05, 0.1) is 0 Å². The normalized spacial score (nSPS) is 18.8. The number of hydrogen-bond acceptors (Lipinski definition) is 3. The molecular weight excluding hydrogens is 238 g/mol. The molecule has 0 heterocycles. The first kappa shape index (κ1) is 14.1. The molecule has 0 saturated heterocycles. The molecular formula is C16H23NO2. The third kappa shape index (κ3) is 3.35. The number of Topliss-reactive ketones (excluding diaryl/α,β-unsaturated/α-hetero) is 1. The second kappa shape index (κ2) is 6.20. The van der Waals surface area contributed by atoms with Crippen LogP contribution in [0.25, 0.3) is 0 Å². The molecule has 0 unspecified atom stereocenters. The molecule has 1 saturated carbocycles. The van der Waals surface area contributed by atoms with Crippen LogP contribution in [-0.4, -0.2) is 17.4 Å². The summed E-state index contributed by atoms with van der Waals surface area (Å²) >= 11 is 0. The maximum absolute atomic E-state index is 12.6. The number of carbonyl (C=O) groups excluding carboxylic acids is 1. The Morgan fingerprint density at radius 1 is 1.11 bits per heavy atom. The number of phenolic OH excluding ortho intramolecular Hbond substituents is 1. The molecule has 0 spiro atoms. The van der Waals surface area contributed by atoms with Crippen LogP contribution < -0.4 is 5.73 Å². The van der Waals surface area contributed by atoms with E-state index in [1.807, 2.05) is 12.1 Å². The monoisotopic (exact) mass is 261 g/mol. The zero-order valence-electron chi connectivity index (χ0n) is 11.4. The zero-order chi connectivity index (χ0) is 13.7. The molecule has 2 rings (SSSR count). The summed E-state index contributed by atoms with van der Waals surface area (Å²) in [4.78, 5) is 12.6. The van der Waals surface area contributed by atoms with Gasteiger partial charge in [0.1, 0.15) is 11.5 Å². The van der Waals surface area contributed by atoms with Gasteiger partial charge in [-0.2, -0.15) is 0 Å². The molecule has 19 heavy (non-hydrogen) atoms. The highest BCUT2D eigenvalue weighted by Crippen LogP contribution is 2.36. The van der Waals surface area contributed by atoms with E-state index in [1.54, 1.807) is 12.1 Å². The van der Waals surface area contributed by atoms with Crippen molar-refractivity contribution < 1.29 is 9.90 Å². The lowest BCUT2D eigenvalue weighted by molar-refractivity contribution is -0.128. The number of hydrogen-bond donors (Lipinski definition) is 2. The molecule has 104 valence electrons. The van der Waals surface area contributed by atoms with Gasteiger partial charge in [0.15, 0.2) is 0 Å². The predicted molar refractivity (Wildman–Crippen MR) is 76.0 cm³/mol. The highest BCUT2D eigenvalue weighted by molar-refractivity contribution is 5.87. The topological polar surface area (TPSA) is 63.3 Å². The summed E-state index contributed by atoms with van der Waals surface area (Å²) in [7, 11) is 0. The summed E-state index contributed by atoms with van der Waals surface area (Å²) in [5, 5.41) is 9.27. The van der Waals surface area contributed by atoms with E-state index >= 15 is 0 Å². The fraction of sp³-hybridized carbons (Fsp3) is 0.562. The largest absolute Gasteiger partial charge is 0.508 e. The fourth-order valence-electron chi connectivity index (χ4n) is 2.99. The van der Waals surface area contributed by atoms with Gasteiger partial charge in [-0.05, 0) is 30.5 Å². The van der Waals surface area contributed by atoms with Crippen molar-refractivity contribution in [2.24, 2.45) is 11.1 Å². The maximum Gasteiger partial charge on any atom is 0.144 e. The van der Waals surface area contributed by atoms with Gasteiger partial charge in [-0.3, -0.25) is 4.79 Å². The van der Waals surface area contributed by atoms with E-state index < -0.39 is 0 Å². The quantitative estimate of drug-likeness (QED) is 0.819. The first-order chi connectivity index (χ1) is 9.16. The van der Waals surface area contributed by atoms with E-state index in [0.29, 0.717) is 13.0 Å². The number of nitrogens with two attached hydrogens (primary N) is 1. The molecule has 0 radical (unpaired) electrons. The van der Waals surface area contributed by atoms with Crippen molar-refractivity contribution in [3.8, 4) is 5.75 Å². The highest BCUT2D eigenvalue weighted by Gasteiger charge is 2.36. The van der Waals surface area contributed by atoms with E-state index in [0.717, 1.165) is 31.2 Å². The van der Waals surface area contributed by atoms with E-state index in [2.05, 4.69) is 0 Å². The molecule has 0 atom stereocenters. The Hall–Kier alpha value is -1.35. The van der Waals surface area contributed by atoms with Crippen LogP contribution in [0, 0.1) is 5.41 Å². The van der Waals surface area contributed by atoms with Gasteiger partial charge >= 0.3 is 0 Å². The lowest BCUT2D eigenvalue weighted by Gasteiger charge is -2.29. The van der Waals surface area contributed by atoms with Crippen molar-refractivity contribution in [3.63, 3.8) is 0 Å². The molecule has 0 aromatic heterocycles. The summed E-state index contributed by atoms with van der Waals surface area (Å²) in [6, 6.07) is 6.89. The van der Waals surface area contributed by atoms with Crippen LogP contribution >= 0.6 is 0 Å². The second-order valence-corrected chi connectivity index (χ2v) is 5.67. The van der Waals surface area contributed by atoms with Crippen molar-refractivity contribution in [1.29, 1.82) is 0 Å². The van der Waals surface area contributed by atoms with Gasteiger partial charge in [0, 0.05) is 18.4 Å². The van der Waals surface area contributed by atoms with Gasteiger partial charge in [0.25, 0.3) is 0 Å². The molecule has 0 amide bonds. The molecule has 1 aliphatic rings. The lowest BCUT2D eigenvalue weighted by Crippen LogP contribution is -2.39. The minimum atomic E-state index is -0.311. The van der Waals surface area contributed by atoms with Crippen molar-refractivity contribution in [1.82, 2.24) is 0 Å². The van der Waals surface area contributed by atoms with Crippen LogP contribution in [0.1, 0.15) is 44.1 Å². The minimum Gasteiger partial charge on any atom is -0.508 e. The van der Waals surface area contributed by atoms with E-state index in [1.165, 1.54) is 12.8 Å². The number of ketones is 1. The molecule has 1 aromatic rings. The standard InChI is InChI=1S/C16H23NO2/c17-12-16(9-3-1-2-4-10-16)15(19)11-13-5-7-14(18)8-6-13/h5-8,18H,1-4,9-12,17H2.